The monoisotopic (exact) mass is 635 g/mol. The lowest BCUT2D eigenvalue weighted by Gasteiger charge is -2.30. The first-order chi connectivity index (χ1) is 21.5. The number of rotatable bonds is 26. The summed E-state index contributed by atoms with van der Waals surface area (Å²) < 4.78 is 16.9. The van der Waals surface area contributed by atoms with Crippen LogP contribution >= 0.6 is 0 Å². The van der Waals surface area contributed by atoms with Crippen LogP contribution in [0.2, 0.25) is 0 Å². The van der Waals surface area contributed by atoms with Gasteiger partial charge in [0.1, 0.15) is 0 Å². The second-order valence-electron chi connectivity index (χ2n) is 13.2. The standard InChI is InChI=1S/C34H61N5O6/c1-23(2)22-29(26-9-10-26)36-15-17-44-19-21-45-20-18-43-16-13-30(40)39-31(24(3)4)32(27-11-12-27)38-28(33(41)25(5)6)8-7-14-37-34(35)42/h23-25,28,31,36,38H,7-22H2,1-6H3,(H,39,40)(H3,35,37,42). The molecule has 0 saturated heterocycles. The van der Waals surface area contributed by atoms with E-state index in [1.54, 1.807) is 5.57 Å². The van der Waals surface area contributed by atoms with Crippen molar-refractivity contribution in [2.45, 2.75) is 105 Å². The minimum Gasteiger partial charge on any atom is -0.386 e. The number of ketones is 1. The summed E-state index contributed by atoms with van der Waals surface area (Å²) in [6, 6.07) is -1.21. The molecule has 2 rings (SSSR count). The molecule has 0 spiro atoms. The van der Waals surface area contributed by atoms with Crippen LogP contribution in [0.4, 0.5) is 4.79 Å². The summed E-state index contributed by atoms with van der Waals surface area (Å²) in [7, 11) is 0. The lowest BCUT2D eigenvalue weighted by molar-refractivity contribution is -0.124. The Morgan fingerprint density at radius 3 is 1.89 bits per heavy atom. The number of hydrogen-bond donors (Lipinski definition) is 5. The maximum atomic E-state index is 13.0. The highest BCUT2D eigenvalue weighted by molar-refractivity contribution is 5.86. The number of urea groups is 1. The molecule has 2 fully saturated rings. The average Bonchev–Trinajstić information content (AvgIpc) is 3.89. The molecule has 258 valence electrons. The van der Waals surface area contributed by atoms with E-state index < -0.39 is 12.1 Å². The molecule has 0 aromatic carbocycles. The molecule has 6 N–H and O–H groups in total. The molecule has 0 aliphatic heterocycles. The Hall–Kier alpha value is -2.63. The van der Waals surface area contributed by atoms with Crippen LogP contribution in [0.3, 0.4) is 0 Å². The van der Waals surface area contributed by atoms with Crippen molar-refractivity contribution in [3.05, 3.63) is 22.5 Å². The Morgan fingerprint density at radius 1 is 0.756 bits per heavy atom. The number of carbonyl (C=O) groups is 3. The summed E-state index contributed by atoms with van der Waals surface area (Å²) in [4.78, 5) is 37.0. The van der Waals surface area contributed by atoms with E-state index in [2.05, 4.69) is 49.0 Å². The van der Waals surface area contributed by atoms with Crippen molar-refractivity contribution in [1.29, 1.82) is 0 Å². The van der Waals surface area contributed by atoms with Gasteiger partial charge in [0.15, 0.2) is 5.78 Å². The minimum atomic E-state index is -0.573. The molecule has 0 heterocycles. The zero-order chi connectivity index (χ0) is 33.2. The van der Waals surface area contributed by atoms with Crippen molar-refractivity contribution in [2.75, 3.05) is 52.7 Å². The van der Waals surface area contributed by atoms with Crippen LogP contribution in [0.1, 0.15) is 92.9 Å². The number of nitrogens with one attached hydrogen (secondary N) is 4. The van der Waals surface area contributed by atoms with E-state index in [1.165, 1.54) is 24.1 Å². The zero-order valence-electron chi connectivity index (χ0n) is 28.7. The molecule has 0 bridgehead atoms. The lowest BCUT2D eigenvalue weighted by atomic mass is 9.94. The van der Waals surface area contributed by atoms with Crippen LogP contribution in [-0.2, 0) is 23.8 Å². The van der Waals surface area contributed by atoms with Gasteiger partial charge in [0, 0.05) is 36.8 Å². The molecule has 2 saturated carbocycles. The largest absolute Gasteiger partial charge is 0.386 e. The van der Waals surface area contributed by atoms with E-state index >= 15 is 0 Å². The number of ether oxygens (including phenoxy) is 3. The van der Waals surface area contributed by atoms with Crippen LogP contribution in [0.15, 0.2) is 22.5 Å². The Labute approximate surface area is 271 Å². The van der Waals surface area contributed by atoms with Crippen molar-refractivity contribution in [2.24, 2.45) is 23.5 Å². The van der Waals surface area contributed by atoms with Crippen molar-refractivity contribution in [3.63, 3.8) is 0 Å². The fourth-order valence-corrected chi connectivity index (χ4v) is 5.05. The molecule has 2 aliphatic rings. The first-order valence-corrected chi connectivity index (χ1v) is 17.0. The summed E-state index contributed by atoms with van der Waals surface area (Å²) >= 11 is 0. The maximum absolute atomic E-state index is 13.0. The highest BCUT2D eigenvalue weighted by Crippen LogP contribution is 2.34. The summed E-state index contributed by atoms with van der Waals surface area (Å²) in [5, 5.41) is 12.8. The number of carbonyl (C=O) groups excluding carboxylic acids is 3. The van der Waals surface area contributed by atoms with Gasteiger partial charge < -0.3 is 41.2 Å². The minimum absolute atomic E-state index is 0.0940. The quantitative estimate of drug-likeness (QED) is 0.0897. The third kappa shape index (κ3) is 17.0. The van der Waals surface area contributed by atoms with Crippen LogP contribution in [0, 0.1) is 17.8 Å². The first kappa shape index (κ1) is 38.6. The number of nitrogens with two attached hydrogens (primary N) is 1. The smallest absolute Gasteiger partial charge is 0.312 e. The van der Waals surface area contributed by atoms with Gasteiger partial charge >= 0.3 is 6.03 Å². The molecule has 2 atom stereocenters. The second-order valence-corrected chi connectivity index (χ2v) is 13.2. The van der Waals surface area contributed by atoms with Gasteiger partial charge in [-0.15, -0.1) is 0 Å². The van der Waals surface area contributed by atoms with Crippen LogP contribution in [0.5, 0.6) is 0 Å². The van der Waals surface area contributed by atoms with Gasteiger partial charge in [-0.3, -0.25) is 9.59 Å². The third-order valence-electron chi connectivity index (χ3n) is 7.73. The molecule has 0 aromatic rings. The summed E-state index contributed by atoms with van der Waals surface area (Å²) in [5.74, 6) is 0.653. The molecule has 3 amide bonds. The van der Waals surface area contributed by atoms with E-state index in [-0.39, 0.29) is 36.0 Å². The van der Waals surface area contributed by atoms with Gasteiger partial charge in [-0.25, -0.2) is 4.79 Å². The van der Waals surface area contributed by atoms with Gasteiger partial charge in [0.25, 0.3) is 0 Å². The van der Waals surface area contributed by atoms with E-state index in [0.29, 0.717) is 64.9 Å². The number of amides is 3. The normalized spacial score (nSPS) is 15.2. The number of hydrogen-bond acceptors (Lipinski definition) is 8. The van der Waals surface area contributed by atoms with Crippen molar-refractivity contribution in [3.8, 4) is 0 Å². The third-order valence-corrected chi connectivity index (χ3v) is 7.73. The van der Waals surface area contributed by atoms with Crippen LogP contribution in [-0.4, -0.2) is 82.5 Å². The second kappa shape index (κ2) is 21.2. The molecule has 2 unspecified atom stereocenters. The average molecular weight is 636 g/mol. The molecular formula is C34H61N5O6. The number of allylic oxidation sites excluding steroid dienone is 3. The Bertz CT molecular complexity index is 982. The molecule has 45 heavy (non-hydrogen) atoms. The first-order valence-electron chi connectivity index (χ1n) is 17.0. The van der Waals surface area contributed by atoms with E-state index in [9.17, 15) is 14.4 Å². The van der Waals surface area contributed by atoms with Gasteiger partial charge in [0.05, 0.1) is 51.7 Å². The van der Waals surface area contributed by atoms with Gasteiger partial charge in [-0.1, -0.05) is 47.1 Å². The Kier molecular flexibility index (Phi) is 18.2. The Balaban J connectivity index is 1.65. The zero-order valence-corrected chi connectivity index (χ0v) is 28.7. The topological polar surface area (TPSA) is 153 Å². The molecular weight excluding hydrogens is 574 g/mol. The molecule has 0 radical (unpaired) electrons. The molecule has 11 nitrogen and oxygen atoms in total. The van der Waals surface area contributed by atoms with Crippen LogP contribution in [0.25, 0.3) is 0 Å². The van der Waals surface area contributed by atoms with Crippen molar-refractivity contribution < 1.29 is 28.6 Å². The molecule has 11 heteroatoms. The summed E-state index contributed by atoms with van der Waals surface area (Å²) in [5.41, 5.74) is 10.3. The van der Waals surface area contributed by atoms with E-state index in [4.69, 9.17) is 19.9 Å². The molecule has 2 aliphatic carbocycles. The number of Topliss-reactive ketones (excluding diaryl/α,β-unsaturated/α-hetero) is 1. The lowest BCUT2D eigenvalue weighted by Crippen LogP contribution is -2.48. The van der Waals surface area contributed by atoms with Gasteiger partial charge in [-0.05, 0) is 62.4 Å². The van der Waals surface area contributed by atoms with Gasteiger partial charge in [0.2, 0.25) is 5.91 Å². The number of primary amides is 1. The van der Waals surface area contributed by atoms with Gasteiger partial charge in [-0.2, -0.15) is 0 Å². The maximum Gasteiger partial charge on any atom is 0.312 e. The van der Waals surface area contributed by atoms with E-state index in [0.717, 1.165) is 31.5 Å². The SMILES string of the molecule is CC(C)CC(NCCOCCOCCOCCC(=O)NC(C(NC(CCCNC(N)=O)C(=O)C(C)C)=C1CC1)C(C)C)=C1CC1. The van der Waals surface area contributed by atoms with Crippen LogP contribution < -0.4 is 27.0 Å². The van der Waals surface area contributed by atoms with E-state index in [1.807, 2.05) is 13.8 Å². The summed E-state index contributed by atoms with van der Waals surface area (Å²) in [6.07, 6.45) is 6.89. The van der Waals surface area contributed by atoms with Crippen molar-refractivity contribution >= 4 is 17.7 Å². The highest BCUT2D eigenvalue weighted by atomic mass is 16.5. The highest BCUT2D eigenvalue weighted by Gasteiger charge is 2.31. The predicted molar refractivity (Wildman–Crippen MR) is 177 cm³/mol. The Morgan fingerprint density at radius 2 is 1.36 bits per heavy atom. The summed E-state index contributed by atoms with van der Waals surface area (Å²) in [6.45, 7) is 16.5. The fourth-order valence-electron chi connectivity index (χ4n) is 5.05. The van der Waals surface area contributed by atoms with Crippen molar-refractivity contribution in [1.82, 2.24) is 21.3 Å². The molecule has 0 aromatic heterocycles. The predicted octanol–water partition coefficient (Wildman–Crippen LogP) is 3.93. The fraction of sp³-hybridized carbons (Fsp3) is 0.794.